The maximum Gasteiger partial charge on any atom is 0.457 e. The molecule has 0 radical (unpaired) electrons. The van der Waals surface area contributed by atoms with Crippen molar-refractivity contribution in [2.24, 2.45) is 5.92 Å². The largest absolute Gasteiger partial charge is 0.457 e. The van der Waals surface area contributed by atoms with Crippen LogP contribution < -0.4 is 5.32 Å². The molecular weight excluding hydrogens is 371 g/mol. The van der Waals surface area contributed by atoms with E-state index in [1.165, 1.54) is 6.92 Å². The van der Waals surface area contributed by atoms with E-state index in [9.17, 15) is 9.59 Å². The van der Waals surface area contributed by atoms with E-state index in [2.05, 4.69) is 33.0 Å². The van der Waals surface area contributed by atoms with Crippen LogP contribution in [0.15, 0.2) is 0 Å². The van der Waals surface area contributed by atoms with Gasteiger partial charge in [0, 0.05) is 25.4 Å². The molecule has 0 bridgehead atoms. The Balaban J connectivity index is 1.97. The van der Waals surface area contributed by atoms with E-state index in [1.807, 2.05) is 27.7 Å². The number of carbonyl (C=O) groups is 2. The van der Waals surface area contributed by atoms with E-state index in [4.69, 9.17) is 14.0 Å². The lowest BCUT2D eigenvalue weighted by molar-refractivity contribution is -0.119. The van der Waals surface area contributed by atoms with Gasteiger partial charge in [-0.3, -0.25) is 4.79 Å². The second-order valence-corrected chi connectivity index (χ2v) is 10.5. The van der Waals surface area contributed by atoms with E-state index < -0.39 is 5.60 Å². The van der Waals surface area contributed by atoms with Gasteiger partial charge < -0.3 is 24.3 Å². The molecule has 2 heterocycles. The summed E-state index contributed by atoms with van der Waals surface area (Å²) in [6.45, 7) is 17.8. The van der Waals surface area contributed by atoms with Gasteiger partial charge in [-0.15, -0.1) is 0 Å². The molecule has 0 aromatic carbocycles. The van der Waals surface area contributed by atoms with Gasteiger partial charge in [-0.1, -0.05) is 6.42 Å². The smallest absolute Gasteiger partial charge is 0.444 e. The molecular formula is C21H39BN2O5. The molecule has 0 aromatic heterocycles. The first-order chi connectivity index (χ1) is 13.1. The summed E-state index contributed by atoms with van der Waals surface area (Å²) in [5, 5.41) is 3.02. The van der Waals surface area contributed by atoms with Crippen LogP contribution in [-0.2, 0) is 18.8 Å². The predicted octanol–water partition coefficient (Wildman–Crippen LogP) is 3.62. The van der Waals surface area contributed by atoms with Gasteiger partial charge in [-0.05, 0) is 68.1 Å². The maximum atomic E-state index is 12.6. The molecule has 0 spiro atoms. The van der Waals surface area contributed by atoms with Gasteiger partial charge in [0.15, 0.2) is 0 Å². The van der Waals surface area contributed by atoms with Crippen molar-refractivity contribution in [2.45, 2.75) is 110 Å². The molecule has 3 atom stereocenters. The number of carbonyl (C=O) groups excluding carboxylic acids is 2. The highest BCUT2D eigenvalue weighted by Gasteiger charge is 2.51. The van der Waals surface area contributed by atoms with Crippen LogP contribution in [-0.4, -0.2) is 59.5 Å². The van der Waals surface area contributed by atoms with Crippen molar-refractivity contribution in [3.05, 3.63) is 0 Å². The molecule has 2 aliphatic rings. The number of nitrogens with one attached hydrogen (secondary N) is 1. The fourth-order valence-corrected chi connectivity index (χ4v) is 4.10. The highest BCUT2D eigenvalue weighted by atomic mass is 16.7. The summed E-state index contributed by atoms with van der Waals surface area (Å²) in [6.07, 6.45) is 2.23. The van der Waals surface area contributed by atoms with Crippen LogP contribution in [0.2, 0.25) is 6.32 Å². The third kappa shape index (κ3) is 5.88. The molecule has 2 fully saturated rings. The van der Waals surface area contributed by atoms with Gasteiger partial charge in [0.25, 0.3) is 0 Å². The number of amides is 2. The van der Waals surface area contributed by atoms with Crippen LogP contribution in [0.3, 0.4) is 0 Å². The van der Waals surface area contributed by atoms with Crippen molar-refractivity contribution < 1.29 is 23.6 Å². The molecule has 1 N–H and O–H groups in total. The van der Waals surface area contributed by atoms with Crippen molar-refractivity contribution >= 4 is 19.1 Å². The fraction of sp³-hybridized carbons (Fsp3) is 0.905. The van der Waals surface area contributed by atoms with Crippen molar-refractivity contribution in [3.8, 4) is 0 Å². The Kier molecular flexibility index (Phi) is 7.00. The summed E-state index contributed by atoms with van der Waals surface area (Å²) >= 11 is 0. The Morgan fingerprint density at radius 2 is 1.72 bits per heavy atom. The molecule has 0 unspecified atom stereocenters. The molecule has 166 valence electrons. The first kappa shape index (κ1) is 24.0. The zero-order valence-electron chi connectivity index (χ0n) is 19.6. The van der Waals surface area contributed by atoms with Gasteiger partial charge in [0.2, 0.25) is 5.91 Å². The van der Waals surface area contributed by atoms with Gasteiger partial charge in [0.05, 0.1) is 17.2 Å². The van der Waals surface area contributed by atoms with E-state index in [0.29, 0.717) is 6.54 Å². The summed E-state index contributed by atoms with van der Waals surface area (Å²) in [4.78, 5) is 26.1. The minimum Gasteiger partial charge on any atom is -0.444 e. The summed E-state index contributed by atoms with van der Waals surface area (Å²) in [7, 11) is -0.224. The average molecular weight is 410 g/mol. The molecule has 0 saturated carbocycles. The first-order valence-corrected chi connectivity index (χ1v) is 10.8. The lowest BCUT2D eigenvalue weighted by Crippen LogP contribution is -2.41. The van der Waals surface area contributed by atoms with Gasteiger partial charge in [-0.2, -0.15) is 0 Å². The molecule has 0 aliphatic carbocycles. The monoisotopic (exact) mass is 410 g/mol. The number of likely N-dealkylation sites (tertiary alicyclic amines) is 1. The van der Waals surface area contributed by atoms with E-state index in [0.717, 1.165) is 19.2 Å². The van der Waals surface area contributed by atoms with Crippen LogP contribution >= 0.6 is 0 Å². The van der Waals surface area contributed by atoms with E-state index >= 15 is 0 Å². The van der Waals surface area contributed by atoms with Gasteiger partial charge in [-0.25, -0.2) is 4.79 Å². The third-order valence-electron chi connectivity index (χ3n) is 6.32. The molecule has 2 rings (SSSR count). The number of nitrogens with zero attached hydrogens (tertiary/aromatic N) is 1. The molecule has 2 amide bonds. The number of ether oxygens (including phenoxy) is 1. The molecule has 2 saturated heterocycles. The summed E-state index contributed by atoms with van der Waals surface area (Å²) < 4.78 is 17.7. The molecule has 2 aliphatic heterocycles. The fourth-order valence-electron chi connectivity index (χ4n) is 4.10. The maximum absolute atomic E-state index is 12.6. The topological polar surface area (TPSA) is 77.1 Å². The lowest BCUT2D eigenvalue weighted by Gasteiger charge is -2.32. The molecule has 29 heavy (non-hydrogen) atoms. The molecule has 7 nitrogen and oxygen atoms in total. The number of hydrogen-bond acceptors (Lipinski definition) is 5. The Morgan fingerprint density at radius 3 is 2.21 bits per heavy atom. The zero-order chi connectivity index (χ0) is 22.2. The highest BCUT2D eigenvalue weighted by molar-refractivity contribution is 6.45. The van der Waals surface area contributed by atoms with Crippen LogP contribution in [0.1, 0.15) is 75.2 Å². The van der Waals surface area contributed by atoms with Crippen LogP contribution in [0.4, 0.5) is 4.79 Å². The van der Waals surface area contributed by atoms with E-state index in [1.54, 1.807) is 4.90 Å². The Bertz CT molecular complexity index is 601. The highest BCUT2D eigenvalue weighted by Crippen LogP contribution is 2.39. The quantitative estimate of drug-likeness (QED) is 0.701. The predicted molar refractivity (Wildman–Crippen MR) is 114 cm³/mol. The van der Waals surface area contributed by atoms with Crippen LogP contribution in [0.5, 0.6) is 0 Å². The SMILES string of the molecule is CC(=O)N[C@H]1CN(C(=O)OC(C)(C)C)[C@H](C)[C@@H]1CCCB1OC(C)(C)C(C)(C)O1. The summed E-state index contributed by atoms with van der Waals surface area (Å²) in [5.41, 5.74) is -1.20. The first-order valence-electron chi connectivity index (χ1n) is 10.8. The summed E-state index contributed by atoms with van der Waals surface area (Å²) in [5.74, 6) is 0.0815. The summed E-state index contributed by atoms with van der Waals surface area (Å²) in [6, 6.07) is -0.0895. The number of rotatable bonds is 5. The van der Waals surface area contributed by atoms with Gasteiger partial charge >= 0.3 is 13.2 Å². The Hall–Kier alpha value is -1.28. The minimum absolute atomic E-state index is 0.0139. The normalized spacial score (nSPS) is 28.5. The zero-order valence-corrected chi connectivity index (χ0v) is 19.6. The molecule has 0 aromatic rings. The average Bonchev–Trinajstić information content (AvgIpc) is 2.91. The Labute approximate surface area is 176 Å². The van der Waals surface area contributed by atoms with Crippen molar-refractivity contribution in [1.29, 1.82) is 0 Å². The number of hydrogen-bond donors (Lipinski definition) is 1. The lowest BCUT2D eigenvalue weighted by atomic mass is 9.79. The second kappa shape index (κ2) is 8.46. The van der Waals surface area contributed by atoms with Crippen LogP contribution in [0, 0.1) is 5.92 Å². The molecule has 8 heteroatoms. The minimum atomic E-state index is -0.546. The third-order valence-corrected chi connectivity index (χ3v) is 6.32. The second-order valence-electron chi connectivity index (χ2n) is 10.5. The van der Waals surface area contributed by atoms with Crippen molar-refractivity contribution in [3.63, 3.8) is 0 Å². The van der Waals surface area contributed by atoms with Crippen molar-refractivity contribution in [2.75, 3.05) is 6.54 Å². The van der Waals surface area contributed by atoms with Gasteiger partial charge in [0.1, 0.15) is 5.60 Å². The van der Waals surface area contributed by atoms with Crippen molar-refractivity contribution in [1.82, 2.24) is 10.2 Å². The van der Waals surface area contributed by atoms with E-state index in [-0.39, 0.29) is 48.3 Å². The Morgan fingerprint density at radius 1 is 1.17 bits per heavy atom. The van der Waals surface area contributed by atoms with Crippen LogP contribution in [0.25, 0.3) is 0 Å². The standard InChI is InChI=1S/C21H39BN2O5/c1-14-16(11-10-12-22-28-20(6,7)21(8,9)29-22)17(23-15(2)25)13-24(14)18(26)27-19(3,4)5/h14,16-17H,10-13H2,1-9H3,(H,23,25)/t14-,16+,17+/m1/s1.